The Labute approximate surface area is 117 Å². The van der Waals surface area contributed by atoms with E-state index in [2.05, 4.69) is 0 Å². The van der Waals surface area contributed by atoms with Crippen molar-refractivity contribution in [2.45, 2.75) is 26.3 Å². The number of aliphatic carboxylic acids is 1. The molecule has 1 aromatic carbocycles. The molecule has 0 saturated heterocycles. The van der Waals surface area contributed by atoms with Crippen LogP contribution in [0.1, 0.15) is 31.1 Å². The number of hydrogen-bond donors (Lipinski definition) is 2. The van der Waals surface area contributed by atoms with Crippen LogP contribution in [-0.2, 0) is 4.79 Å². The van der Waals surface area contributed by atoms with Crippen LogP contribution in [0.2, 0.25) is 5.02 Å². The van der Waals surface area contributed by atoms with E-state index in [1.165, 1.54) is 12.1 Å². The summed E-state index contributed by atoms with van der Waals surface area (Å²) in [5, 5.41) is 9.28. The van der Waals surface area contributed by atoms with Crippen LogP contribution < -0.4 is 10.6 Å². The molecule has 0 bridgehead atoms. The molecule has 0 unspecified atom stereocenters. The second-order valence-corrected chi connectivity index (χ2v) is 5.59. The summed E-state index contributed by atoms with van der Waals surface area (Å²) in [6, 6.07) is 4.58. The van der Waals surface area contributed by atoms with E-state index in [1.54, 1.807) is 11.0 Å². The maximum absolute atomic E-state index is 11.1. The van der Waals surface area contributed by atoms with E-state index in [9.17, 15) is 9.59 Å². The molecule has 0 heterocycles. The number of hydrogen-bond acceptors (Lipinski definition) is 3. The largest absolute Gasteiger partial charge is 0.480 e. The van der Waals surface area contributed by atoms with Gasteiger partial charge < -0.3 is 15.7 Å². The Hall–Kier alpha value is -1.75. The first kappa shape index (κ1) is 15.3. The molecule has 6 heteroatoms. The van der Waals surface area contributed by atoms with Crippen molar-refractivity contribution in [3.63, 3.8) is 0 Å². The number of nitrogens with two attached hydrogens (primary N) is 1. The summed E-state index contributed by atoms with van der Waals surface area (Å²) in [5.74, 6) is -1.53. The average molecular weight is 285 g/mol. The molecular weight excluding hydrogens is 268 g/mol. The molecule has 0 aliphatic carbocycles. The summed E-state index contributed by atoms with van der Waals surface area (Å²) in [6.45, 7) is 5.47. The predicted molar refractivity (Wildman–Crippen MR) is 74.7 cm³/mol. The van der Waals surface area contributed by atoms with Crippen LogP contribution in [0.3, 0.4) is 0 Å². The highest BCUT2D eigenvalue weighted by Crippen LogP contribution is 2.31. The van der Waals surface area contributed by atoms with Gasteiger partial charge in [-0.05, 0) is 39.0 Å². The summed E-state index contributed by atoms with van der Waals surface area (Å²) in [5.41, 5.74) is 5.60. The van der Waals surface area contributed by atoms with E-state index in [-0.39, 0.29) is 12.1 Å². The molecule has 104 valence electrons. The zero-order valence-electron chi connectivity index (χ0n) is 11.1. The van der Waals surface area contributed by atoms with E-state index < -0.39 is 17.4 Å². The van der Waals surface area contributed by atoms with Gasteiger partial charge in [0.15, 0.2) is 0 Å². The van der Waals surface area contributed by atoms with Crippen LogP contribution in [0.15, 0.2) is 18.2 Å². The van der Waals surface area contributed by atoms with Crippen LogP contribution in [0, 0.1) is 0 Å². The average Bonchev–Trinajstić information content (AvgIpc) is 2.24. The minimum atomic E-state index is -0.954. The van der Waals surface area contributed by atoms with Crippen LogP contribution in [-0.4, -0.2) is 29.1 Å². The lowest BCUT2D eigenvalue weighted by Gasteiger charge is -2.37. The van der Waals surface area contributed by atoms with E-state index in [4.69, 9.17) is 22.4 Å². The first-order valence-corrected chi connectivity index (χ1v) is 6.09. The van der Waals surface area contributed by atoms with Crippen molar-refractivity contribution in [3.8, 4) is 0 Å². The molecule has 0 spiro atoms. The number of nitrogens with zero attached hydrogens (tertiary/aromatic N) is 1. The van der Waals surface area contributed by atoms with Gasteiger partial charge in [-0.1, -0.05) is 11.6 Å². The molecule has 0 aliphatic rings. The first-order valence-electron chi connectivity index (χ1n) is 5.71. The molecule has 0 aliphatic heterocycles. The number of carboxylic acid groups (broad SMARTS) is 1. The van der Waals surface area contributed by atoms with Gasteiger partial charge in [0.25, 0.3) is 0 Å². The molecule has 0 aromatic heterocycles. The molecule has 0 atom stereocenters. The second-order valence-electron chi connectivity index (χ2n) is 5.18. The fraction of sp³-hybridized carbons (Fsp3) is 0.385. The molecular formula is C13H17ClN2O3. The fourth-order valence-corrected chi connectivity index (χ4v) is 1.98. The van der Waals surface area contributed by atoms with E-state index in [0.717, 1.165) is 0 Å². The third-order valence-electron chi connectivity index (χ3n) is 2.63. The molecule has 0 radical (unpaired) electrons. The standard InChI is InChI=1S/C13H17ClN2O3/c1-13(2,3)16(7-11(17)18)10-5-4-8(12(15)19)6-9(10)14/h4-6H,7H2,1-3H3,(H2,15,19)(H,17,18). The summed E-state index contributed by atoms with van der Waals surface area (Å²) in [6.07, 6.45) is 0. The summed E-state index contributed by atoms with van der Waals surface area (Å²) >= 11 is 6.12. The molecule has 1 rings (SSSR count). The maximum atomic E-state index is 11.1. The van der Waals surface area contributed by atoms with Gasteiger partial charge in [-0.3, -0.25) is 9.59 Å². The van der Waals surface area contributed by atoms with Crippen LogP contribution in [0.25, 0.3) is 0 Å². The van der Waals surface area contributed by atoms with Gasteiger partial charge in [0.2, 0.25) is 5.91 Å². The topological polar surface area (TPSA) is 83.6 Å². The highest BCUT2D eigenvalue weighted by molar-refractivity contribution is 6.33. The summed E-state index contributed by atoms with van der Waals surface area (Å²) in [7, 11) is 0. The Kier molecular flexibility index (Phi) is 4.42. The van der Waals surface area contributed by atoms with Gasteiger partial charge in [-0.25, -0.2) is 0 Å². The summed E-state index contributed by atoms with van der Waals surface area (Å²) < 4.78 is 0. The van der Waals surface area contributed by atoms with Crippen molar-refractivity contribution in [1.29, 1.82) is 0 Å². The lowest BCUT2D eigenvalue weighted by atomic mass is 10.0. The molecule has 19 heavy (non-hydrogen) atoms. The highest BCUT2D eigenvalue weighted by Gasteiger charge is 2.25. The number of amides is 1. The highest BCUT2D eigenvalue weighted by atomic mass is 35.5. The minimum absolute atomic E-state index is 0.181. The van der Waals surface area contributed by atoms with Gasteiger partial charge in [0.05, 0.1) is 10.7 Å². The molecule has 3 N–H and O–H groups in total. The number of carboxylic acids is 1. The molecule has 1 amide bonds. The van der Waals surface area contributed by atoms with Crippen LogP contribution in [0.5, 0.6) is 0 Å². The SMILES string of the molecule is CC(C)(C)N(CC(=O)O)c1ccc(C(N)=O)cc1Cl. The van der Waals surface area contributed by atoms with Crippen LogP contribution >= 0.6 is 11.6 Å². The fourth-order valence-electron chi connectivity index (χ4n) is 1.70. The van der Waals surface area contributed by atoms with Gasteiger partial charge in [-0.15, -0.1) is 0 Å². The number of halogens is 1. The first-order chi connectivity index (χ1) is 8.62. The summed E-state index contributed by atoms with van der Waals surface area (Å²) in [4.78, 5) is 23.7. The number of carbonyl (C=O) groups excluding carboxylic acids is 1. The van der Waals surface area contributed by atoms with Gasteiger partial charge in [0, 0.05) is 11.1 Å². The zero-order chi connectivity index (χ0) is 14.8. The predicted octanol–water partition coefficient (Wildman–Crippen LogP) is 2.13. The minimum Gasteiger partial charge on any atom is -0.480 e. The van der Waals surface area contributed by atoms with Crippen molar-refractivity contribution in [1.82, 2.24) is 0 Å². The third-order valence-corrected chi connectivity index (χ3v) is 2.93. The zero-order valence-corrected chi connectivity index (χ0v) is 11.9. The second kappa shape index (κ2) is 5.48. The quantitative estimate of drug-likeness (QED) is 0.887. The monoisotopic (exact) mass is 284 g/mol. The Bertz CT molecular complexity index is 509. The van der Waals surface area contributed by atoms with Gasteiger partial charge in [0.1, 0.15) is 6.54 Å². The molecule has 0 fully saturated rings. The van der Waals surface area contributed by atoms with Gasteiger partial charge >= 0.3 is 5.97 Å². The number of benzene rings is 1. The molecule has 0 saturated carbocycles. The van der Waals surface area contributed by atoms with E-state index >= 15 is 0 Å². The normalized spacial score (nSPS) is 11.2. The van der Waals surface area contributed by atoms with E-state index in [1.807, 2.05) is 20.8 Å². The number of carbonyl (C=O) groups is 2. The molecule has 5 nitrogen and oxygen atoms in total. The van der Waals surface area contributed by atoms with Crippen molar-refractivity contribution in [2.75, 3.05) is 11.4 Å². The lowest BCUT2D eigenvalue weighted by Crippen LogP contribution is -2.44. The number of anilines is 1. The lowest BCUT2D eigenvalue weighted by molar-refractivity contribution is -0.135. The smallest absolute Gasteiger partial charge is 0.323 e. The van der Waals surface area contributed by atoms with Crippen molar-refractivity contribution in [2.24, 2.45) is 5.73 Å². The van der Waals surface area contributed by atoms with Gasteiger partial charge in [-0.2, -0.15) is 0 Å². The van der Waals surface area contributed by atoms with Crippen LogP contribution in [0.4, 0.5) is 5.69 Å². The number of rotatable bonds is 4. The van der Waals surface area contributed by atoms with Crippen molar-refractivity contribution >= 4 is 29.2 Å². The molecule has 1 aromatic rings. The maximum Gasteiger partial charge on any atom is 0.323 e. The van der Waals surface area contributed by atoms with Crippen molar-refractivity contribution < 1.29 is 14.7 Å². The van der Waals surface area contributed by atoms with Crippen molar-refractivity contribution in [3.05, 3.63) is 28.8 Å². The Balaban J connectivity index is 3.24. The Morgan fingerprint density at radius 2 is 1.95 bits per heavy atom. The van der Waals surface area contributed by atoms with E-state index in [0.29, 0.717) is 10.7 Å². The Morgan fingerprint density at radius 3 is 2.32 bits per heavy atom. The third kappa shape index (κ3) is 3.86. The number of primary amides is 1. The Morgan fingerprint density at radius 1 is 1.37 bits per heavy atom.